The minimum Gasteiger partial charge on any atom is -0.268 e. The Morgan fingerprint density at radius 1 is 1.20 bits per heavy atom. The lowest BCUT2D eigenvalue weighted by Gasteiger charge is -2.07. The molecule has 2 aromatic heterocycles. The predicted molar refractivity (Wildman–Crippen MR) is 79.6 cm³/mol. The van der Waals surface area contributed by atoms with Gasteiger partial charge in [0.25, 0.3) is 0 Å². The van der Waals surface area contributed by atoms with Gasteiger partial charge in [0.15, 0.2) is 10.6 Å². The second-order valence-electron chi connectivity index (χ2n) is 4.02. The number of rotatable bonds is 2. The van der Waals surface area contributed by atoms with Crippen molar-refractivity contribution in [2.45, 2.75) is 0 Å². The van der Waals surface area contributed by atoms with E-state index in [-0.39, 0.29) is 5.82 Å². The van der Waals surface area contributed by atoms with Gasteiger partial charge >= 0.3 is 0 Å². The summed E-state index contributed by atoms with van der Waals surface area (Å²) in [6.45, 7) is 0. The molecule has 0 aliphatic heterocycles. The molecule has 0 aliphatic carbocycles. The Morgan fingerprint density at radius 2 is 1.95 bits per heavy atom. The van der Waals surface area contributed by atoms with Gasteiger partial charge in [0.2, 0.25) is 0 Å². The summed E-state index contributed by atoms with van der Waals surface area (Å²) in [5, 5.41) is 6.93. The summed E-state index contributed by atoms with van der Waals surface area (Å²) in [5.41, 5.74) is 1.45. The van der Waals surface area contributed by atoms with Crippen molar-refractivity contribution < 1.29 is 4.39 Å². The number of pyridine rings is 1. The Hall–Kier alpha value is -1.86. The first-order valence-electron chi connectivity index (χ1n) is 5.70. The fraction of sp³-hybridized carbons (Fsp3) is 0. The van der Waals surface area contributed by atoms with Gasteiger partial charge in [-0.1, -0.05) is 0 Å². The van der Waals surface area contributed by atoms with Gasteiger partial charge < -0.3 is 0 Å². The average molecular weight is 351 g/mol. The third kappa shape index (κ3) is 2.30. The Kier molecular flexibility index (Phi) is 3.45. The molecule has 0 fully saturated rings. The number of benzene rings is 1. The largest absolute Gasteiger partial charge is 0.268 e. The van der Waals surface area contributed by atoms with Crippen LogP contribution in [0.4, 0.5) is 4.39 Å². The topological polar surface area (TPSA) is 46.5 Å². The Balaban J connectivity index is 2.22. The highest BCUT2D eigenvalue weighted by molar-refractivity contribution is 9.10. The zero-order valence-corrected chi connectivity index (χ0v) is 12.4. The summed E-state index contributed by atoms with van der Waals surface area (Å²) < 4.78 is 16.2. The van der Waals surface area contributed by atoms with Crippen LogP contribution in [0.25, 0.3) is 17.1 Å². The van der Waals surface area contributed by atoms with Crippen molar-refractivity contribution in [2.24, 2.45) is 0 Å². The van der Waals surface area contributed by atoms with Gasteiger partial charge in [-0.25, -0.2) is 4.39 Å². The van der Waals surface area contributed by atoms with E-state index in [2.05, 4.69) is 31.1 Å². The van der Waals surface area contributed by atoms with Gasteiger partial charge in [-0.2, -0.15) is 5.10 Å². The van der Waals surface area contributed by atoms with Crippen molar-refractivity contribution in [1.82, 2.24) is 19.7 Å². The van der Waals surface area contributed by atoms with Gasteiger partial charge in [0.05, 0.1) is 10.2 Å². The first kappa shape index (κ1) is 13.1. The fourth-order valence-electron chi connectivity index (χ4n) is 1.86. The van der Waals surface area contributed by atoms with Gasteiger partial charge in [0.1, 0.15) is 5.82 Å². The molecule has 0 saturated carbocycles. The standard InChI is InChI=1S/C13H8BrFN4S/c14-10-2-1-9(7-11(10)15)19-12(17-18-13(19)20)8-3-5-16-6-4-8/h1-7H,(H,18,20). The monoisotopic (exact) mass is 350 g/mol. The van der Waals surface area contributed by atoms with Gasteiger partial charge in [0, 0.05) is 18.0 Å². The Bertz CT molecular complexity index is 813. The Labute approximate surface area is 127 Å². The lowest BCUT2D eigenvalue weighted by Crippen LogP contribution is -1.98. The van der Waals surface area contributed by atoms with E-state index in [4.69, 9.17) is 12.2 Å². The lowest BCUT2D eigenvalue weighted by molar-refractivity contribution is 0.620. The van der Waals surface area contributed by atoms with E-state index in [0.717, 1.165) is 5.56 Å². The number of H-pyrrole nitrogens is 1. The number of hydrogen-bond donors (Lipinski definition) is 1. The second-order valence-corrected chi connectivity index (χ2v) is 5.26. The van der Waals surface area contributed by atoms with E-state index in [1.165, 1.54) is 6.07 Å². The molecule has 4 nitrogen and oxygen atoms in total. The van der Waals surface area contributed by atoms with Crippen molar-refractivity contribution >= 4 is 28.1 Å². The van der Waals surface area contributed by atoms with Crippen molar-refractivity contribution in [3.05, 3.63) is 57.8 Å². The molecule has 0 aliphatic rings. The van der Waals surface area contributed by atoms with Crippen LogP contribution in [-0.2, 0) is 0 Å². The van der Waals surface area contributed by atoms with Crippen LogP contribution in [0.3, 0.4) is 0 Å². The molecular formula is C13H8BrFN4S. The molecule has 0 unspecified atom stereocenters. The summed E-state index contributed by atoms with van der Waals surface area (Å²) in [4.78, 5) is 3.97. The molecule has 1 N–H and O–H groups in total. The number of nitrogens with one attached hydrogen (secondary N) is 1. The zero-order valence-electron chi connectivity index (χ0n) is 10.0. The van der Waals surface area contributed by atoms with Crippen LogP contribution in [0, 0.1) is 10.6 Å². The normalized spacial score (nSPS) is 10.7. The van der Waals surface area contributed by atoms with Gasteiger partial charge in [-0.15, -0.1) is 0 Å². The van der Waals surface area contributed by atoms with Crippen LogP contribution in [0.15, 0.2) is 47.2 Å². The average Bonchev–Trinajstić information content (AvgIpc) is 2.85. The first-order chi connectivity index (χ1) is 9.66. The summed E-state index contributed by atoms with van der Waals surface area (Å²) in [6.07, 6.45) is 3.33. The van der Waals surface area contributed by atoms with E-state index >= 15 is 0 Å². The fourth-order valence-corrected chi connectivity index (χ4v) is 2.34. The summed E-state index contributed by atoms with van der Waals surface area (Å²) in [5.74, 6) is 0.255. The van der Waals surface area contributed by atoms with E-state index in [1.807, 2.05) is 12.1 Å². The highest BCUT2D eigenvalue weighted by atomic mass is 79.9. The third-order valence-electron chi connectivity index (χ3n) is 2.77. The van der Waals surface area contributed by atoms with Gasteiger partial charge in [-0.05, 0) is 58.5 Å². The zero-order chi connectivity index (χ0) is 14.1. The molecule has 20 heavy (non-hydrogen) atoms. The van der Waals surface area contributed by atoms with Crippen molar-refractivity contribution in [2.75, 3.05) is 0 Å². The molecular weight excluding hydrogens is 343 g/mol. The van der Waals surface area contributed by atoms with E-state index in [1.54, 1.807) is 29.1 Å². The maximum atomic E-state index is 13.7. The first-order valence-corrected chi connectivity index (χ1v) is 6.90. The molecule has 0 atom stereocenters. The molecule has 0 radical (unpaired) electrons. The summed E-state index contributed by atoms with van der Waals surface area (Å²) in [6, 6.07) is 8.44. The lowest BCUT2D eigenvalue weighted by atomic mass is 10.2. The SMILES string of the molecule is Fc1cc(-n2c(-c3ccncc3)n[nH]c2=S)ccc1Br. The minimum atomic E-state index is -0.355. The molecule has 0 bridgehead atoms. The van der Waals surface area contributed by atoms with E-state index in [9.17, 15) is 4.39 Å². The maximum Gasteiger partial charge on any atom is 0.200 e. The van der Waals surface area contributed by atoms with Crippen LogP contribution in [0.1, 0.15) is 0 Å². The van der Waals surface area contributed by atoms with E-state index in [0.29, 0.717) is 20.8 Å². The smallest absolute Gasteiger partial charge is 0.200 e. The molecule has 1 aromatic carbocycles. The third-order valence-corrected chi connectivity index (χ3v) is 3.69. The molecule has 100 valence electrons. The number of aromatic amines is 1. The highest BCUT2D eigenvalue weighted by Crippen LogP contribution is 2.24. The molecule has 7 heteroatoms. The number of aromatic nitrogens is 4. The number of nitrogens with zero attached hydrogens (tertiary/aromatic N) is 3. The molecule has 0 saturated heterocycles. The number of halogens is 2. The maximum absolute atomic E-state index is 13.7. The Morgan fingerprint density at radius 3 is 2.65 bits per heavy atom. The highest BCUT2D eigenvalue weighted by Gasteiger charge is 2.11. The molecule has 0 amide bonds. The van der Waals surface area contributed by atoms with Crippen molar-refractivity contribution in [1.29, 1.82) is 0 Å². The van der Waals surface area contributed by atoms with Crippen LogP contribution in [-0.4, -0.2) is 19.7 Å². The number of hydrogen-bond acceptors (Lipinski definition) is 3. The molecule has 3 rings (SSSR count). The summed E-state index contributed by atoms with van der Waals surface area (Å²) in [7, 11) is 0. The second kappa shape index (κ2) is 5.26. The summed E-state index contributed by atoms with van der Waals surface area (Å²) >= 11 is 8.36. The molecule has 0 spiro atoms. The van der Waals surface area contributed by atoms with E-state index < -0.39 is 0 Å². The quantitative estimate of drug-likeness (QED) is 0.713. The van der Waals surface area contributed by atoms with Crippen LogP contribution < -0.4 is 0 Å². The molecule has 2 heterocycles. The van der Waals surface area contributed by atoms with Crippen LogP contribution in [0.5, 0.6) is 0 Å². The van der Waals surface area contributed by atoms with Crippen LogP contribution in [0.2, 0.25) is 0 Å². The van der Waals surface area contributed by atoms with Crippen LogP contribution >= 0.6 is 28.1 Å². The predicted octanol–water partition coefficient (Wildman–Crippen LogP) is 3.89. The van der Waals surface area contributed by atoms with Crippen molar-refractivity contribution in [3.8, 4) is 17.1 Å². The van der Waals surface area contributed by atoms with Crippen molar-refractivity contribution in [3.63, 3.8) is 0 Å². The van der Waals surface area contributed by atoms with Gasteiger partial charge in [-0.3, -0.25) is 14.6 Å². The molecule has 3 aromatic rings. The minimum absolute atomic E-state index is 0.355.